The molecule has 0 bridgehead atoms. The predicted octanol–water partition coefficient (Wildman–Crippen LogP) is 1.21. The summed E-state index contributed by atoms with van der Waals surface area (Å²) >= 11 is 0. The van der Waals surface area contributed by atoms with Gasteiger partial charge in [0.05, 0.1) is 5.56 Å². The lowest BCUT2D eigenvalue weighted by atomic mass is 10.1. The van der Waals surface area contributed by atoms with Crippen LogP contribution in [0, 0.1) is 6.92 Å². The molecule has 1 aromatic heterocycles. The highest BCUT2D eigenvalue weighted by atomic mass is 16.2. The summed E-state index contributed by atoms with van der Waals surface area (Å²) in [7, 11) is 1.95. The third-order valence-corrected chi connectivity index (χ3v) is 3.28. The number of rotatable bonds is 2. The number of piperidine rings is 1. The average Bonchev–Trinajstić information content (AvgIpc) is 2.39. The maximum atomic E-state index is 12.2. The van der Waals surface area contributed by atoms with Crippen LogP contribution in [0.25, 0.3) is 0 Å². The average molecular weight is 233 g/mol. The summed E-state index contributed by atoms with van der Waals surface area (Å²) in [6.45, 7) is 3.57. The van der Waals surface area contributed by atoms with Gasteiger partial charge in [-0.2, -0.15) is 0 Å². The molecule has 1 saturated heterocycles. The van der Waals surface area contributed by atoms with Crippen LogP contribution in [0.5, 0.6) is 0 Å². The van der Waals surface area contributed by atoms with Gasteiger partial charge in [0.15, 0.2) is 0 Å². The molecule has 1 aliphatic heterocycles. The van der Waals surface area contributed by atoms with Gasteiger partial charge in [0.25, 0.3) is 5.91 Å². The van der Waals surface area contributed by atoms with Crippen LogP contribution in [0.2, 0.25) is 0 Å². The molecule has 0 aliphatic carbocycles. The van der Waals surface area contributed by atoms with Crippen LogP contribution in [0.4, 0.5) is 0 Å². The molecule has 1 fully saturated rings. The normalized spacial score (nSPS) is 20.4. The van der Waals surface area contributed by atoms with Gasteiger partial charge in [-0.1, -0.05) is 0 Å². The quantitative estimate of drug-likeness (QED) is 0.835. The topological polar surface area (TPSA) is 45.2 Å². The van der Waals surface area contributed by atoms with Crippen LogP contribution < -0.4 is 5.32 Å². The lowest BCUT2D eigenvalue weighted by Gasteiger charge is -2.32. The molecule has 0 spiro atoms. The molecular weight excluding hydrogens is 214 g/mol. The summed E-state index contributed by atoms with van der Waals surface area (Å²) in [6, 6.07) is 4.16. The van der Waals surface area contributed by atoms with E-state index in [9.17, 15) is 4.79 Å². The molecule has 4 nitrogen and oxygen atoms in total. The smallest absolute Gasteiger partial charge is 0.255 e. The second-order valence-electron chi connectivity index (χ2n) is 4.57. The number of aromatic nitrogens is 1. The predicted molar refractivity (Wildman–Crippen MR) is 67.0 cm³/mol. The molecule has 2 rings (SSSR count). The van der Waals surface area contributed by atoms with Crippen molar-refractivity contribution < 1.29 is 4.79 Å². The van der Waals surface area contributed by atoms with E-state index in [1.54, 1.807) is 6.20 Å². The Kier molecular flexibility index (Phi) is 3.74. The lowest BCUT2D eigenvalue weighted by Crippen LogP contribution is -2.46. The first kappa shape index (κ1) is 12.0. The first-order valence-electron chi connectivity index (χ1n) is 6.10. The van der Waals surface area contributed by atoms with Crippen LogP contribution in [-0.2, 0) is 0 Å². The zero-order valence-electron chi connectivity index (χ0n) is 10.4. The fourth-order valence-electron chi connectivity index (χ4n) is 2.17. The standard InChI is InChI=1S/C13H19N3O/c1-10-5-6-11(8-15-10)13(17)16-7-3-4-12(9-16)14-2/h5-6,8,12,14H,3-4,7,9H2,1-2H3/t12-/m0/s1. The molecule has 0 saturated carbocycles. The van der Waals surface area contributed by atoms with Crippen molar-refractivity contribution >= 4 is 5.91 Å². The Labute approximate surface area is 102 Å². The molecule has 1 atom stereocenters. The van der Waals surface area contributed by atoms with Crippen molar-refractivity contribution in [2.24, 2.45) is 0 Å². The minimum atomic E-state index is 0.0949. The number of likely N-dealkylation sites (N-methyl/N-ethyl adjacent to an activating group) is 1. The van der Waals surface area contributed by atoms with E-state index in [1.807, 2.05) is 31.0 Å². The number of carbonyl (C=O) groups excluding carboxylic acids is 1. The first-order chi connectivity index (χ1) is 8.20. The fraction of sp³-hybridized carbons (Fsp3) is 0.538. The minimum absolute atomic E-state index is 0.0949. The van der Waals surface area contributed by atoms with Crippen LogP contribution in [0.15, 0.2) is 18.3 Å². The summed E-state index contributed by atoms with van der Waals surface area (Å²) in [5, 5.41) is 3.24. The summed E-state index contributed by atoms with van der Waals surface area (Å²) in [5.74, 6) is 0.0949. The number of aryl methyl sites for hydroxylation is 1. The molecule has 1 aromatic rings. The molecule has 1 amide bonds. The number of nitrogens with one attached hydrogen (secondary N) is 1. The van der Waals surface area contributed by atoms with E-state index < -0.39 is 0 Å². The van der Waals surface area contributed by atoms with Gasteiger partial charge in [0.2, 0.25) is 0 Å². The van der Waals surface area contributed by atoms with Crippen molar-refractivity contribution in [1.82, 2.24) is 15.2 Å². The SMILES string of the molecule is CN[C@H]1CCCN(C(=O)c2ccc(C)nc2)C1. The number of nitrogens with zero attached hydrogens (tertiary/aromatic N) is 2. The number of carbonyl (C=O) groups is 1. The van der Waals surface area contributed by atoms with Gasteiger partial charge >= 0.3 is 0 Å². The monoisotopic (exact) mass is 233 g/mol. The van der Waals surface area contributed by atoms with E-state index >= 15 is 0 Å². The second kappa shape index (κ2) is 5.27. The number of hydrogen-bond donors (Lipinski definition) is 1. The third kappa shape index (κ3) is 2.82. The molecule has 1 aliphatic rings. The van der Waals surface area contributed by atoms with E-state index in [4.69, 9.17) is 0 Å². The Morgan fingerprint density at radius 3 is 3.00 bits per heavy atom. The molecule has 1 N–H and O–H groups in total. The van der Waals surface area contributed by atoms with Gasteiger partial charge in [-0.25, -0.2) is 0 Å². The van der Waals surface area contributed by atoms with Gasteiger partial charge in [-0.3, -0.25) is 9.78 Å². The maximum Gasteiger partial charge on any atom is 0.255 e. The van der Waals surface area contributed by atoms with Crippen LogP contribution in [-0.4, -0.2) is 42.0 Å². The second-order valence-corrected chi connectivity index (χ2v) is 4.57. The molecule has 0 radical (unpaired) electrons. The van der Waals surface area contributed by atoms with Crippen molar-refractivity contribution in [3.05, 3.63) is 29.6 Å². The molecular formula is C13H19N3O. The summed E-state index contributed by atoms with van der Waals surface area (Å²) in [5.41, 5.74) is 1.63. The number of pyridine rings is 1. The fourth-order valence-corrected chi connectivity index (χ4v) is 2.17. The Morgan fingerprint density at radius 1 is 1.53 bits per heavy atom. The number of likely N-dealkylation sites (tertiary alicyclic amines) is 1. The van der Waals surface area contributed by atoms with Crippen molar-refractivity contribution in [3.63, 3.8) is 0 Å². The molecule has 92 valence electrons. The van der Waals surface area contributed by atoms with Crippen molar-refractivity contribution in [1.29, 1.82) is 0 Å². The highest BCUT2D eigenvalue weighted by Crippen LogP contribution is 2.13. The molecule has 4 heteroatoms. The van der Waals surface area contributed by atoms with Gasteiger partial charge in [-0.15, -0.1) is 0 Å². The van der Waals surface area contributed by atoms with Gasteiger partial charge in [0.1, 0.15) is 0 Å². The maximum absolute atomic E-state index is 12.2. The summed E-state index contributed by atoms with van der Waals surface area (Å²) in [4.78, 5) is 18.3. The molecule has 2 heterocycles. The van der Waals surface area contributed by atoms with Gasteiger partial charge in [-0.05, 0) is 38.9 Å². The first-order valence-corrected chi connectivity index (χ1v) is 6.10. The molecule has 0 aromatic carbocycles. The van der Waals surface area contributed by atoms with E-state index in [-0.39, 0.29) is 5.91 Å². The van der Waals surface area contributed by atoms with Gasteiger partial charge in [0, 0.05) is 31.0 Å². The summed E-state index contributed by atoms with van der Waals surface area (Å²) in [6.07, 6.45) is 3.88. The van der Waals surface area contributed by atoms with E-state index in [1.165, 1.54) is 0 Å². The number of hydrogen-bond acceptors (Lipinski definition) is 3. The van der Waals surface area contributed by atoms with Gasteiger partial charge < -0.3 is 10.2 Å². The highest BCUT2D eigenvalue weighted by Gasteiger charge is 2.23. The van der Waals surface area contributed by atoms with Crippen LogP contribution >= 0.6 is 0 Å². The van der Waals surface area contributed by atoms with Crippen molar-refractivity contribution in [2.75, 3.05) is 20.1 Å². The van der Waals surface area contributed by atoms with E-state index in [0.29, 0.717) is 11.6 Å². The third-order valence-electron chi connectivity index (χ3n) is 3.28. The Bertz CT molecular complexity index is 388. The summed E-state index contributed by atoms with van der Waals surface area (Å²) < 4.78 is 0. The van der Waals surface area contributed by atoms with Crippen molar-refractivity contribution in [2.45, 2.75) is 25.8 Å². The lowest BCUT2D eigenvalue weighted by molar-refractivity contribution is 0.0698. The zero-order chi connectivity index (χ0) is 12.3. The Morgan fingerprint density at radius 2 is 2.35 bits per heavy atom. The van der Waals surface area contributed by atoms with Crippen LogP contribution in [0.1, 0.15) is 28.9 Å². The van der Waals surface area contributed by atoms with E-state index in [2.05, 4.69) is 10.3 Å². The molecule has 17 heavy (non-hydrogen) atoms. The van der Waals surface area contributed by atoms with E-state index in [0.717, 1.165) is 31.6 Å². The largest absolute Gasteiger partial charge is 0.337 e. The Balaban J connectivity index is 2.06. The number of amides is 1. The minimum Gasteiger partial charge on any atom is -0.337 e. The Hall–Kier alpha value is -1.42. The molecule has 0 unspecified atom stereocenters. The van der Waals surface area contributed by atoms with Crippen LogP contribution in [0.3, 0.4) is 0 Å². The zero-order valence-corrected chi connectivity index (χ0v) is 10.4. The highest BCUT2D eigenvalue weighted by molar-refractivity contribution is 5.94. The van der Waals surface area contributed by atoms with Crippen molar-refractivity contribution in [3.8, 4) is 0 Å².